The van der Waals surface area contributed by atoms with Crippen molar-refractivity contribution in [3.63, 3.8) is 0 Å². The van der Waals surface area contributed by atoms with E-state index in [1.54, 1.807) is 12.2 Å². The first kappa shape index (κ1) is 15.9. The maximum absolute atomic E-state index is 10.0. The number of carboxylic acid groups (broad SMARTS) is 1. The molecule has 1 rings (SSSR count). The van der Waals surface area contributed by atoms with Gasteiger partial charge in [-0.1, -0.05) is 50.8 Å². The predicted molar refractivity (Wildman–Crippen MR) is 72.4 cm³/mol. The summed E-state index contributed by atoms with van der Waals surface area (Å²) in [5.41, 5.74) is 0. The quantitative estimate of drug-likeness (QED) is 0.433. The normalized spacial score (nSPS) is 15.1. The molecular formula is C14H24NO2-. The lowest BCUT2D eigenvalue weighted by Gasteiger charge is -1.99. The molecule has 3 nitrogen and oxygen atoms in total. The maximum atomic E-state index is 10.0. The molecule has 0 aromatic heterocycles. The van der Waals surface area contributed by atoms with Crippen LogP contribution in [0.2, 0.25) is 0 Å². The maximum Gasteiger partial charge on any atom is 0.328 e. The van der Waals surface area contributed by atoms with E-state index >= 15 is 0 Å². The van der Waals surface area contributed by atoms with E-state index in [1.165, 1.54) is 32.1 Å². The van der Waals surface area contributed by atoms with Crippen molar-refractivity contribution in [3.8, 4) is 0 Å². The highest BCUT2D eigenvalue weighted by Crippen LogP contribution is 2.05. The van der Waals surface area contributed by atoms with Crippen LogP contribution in [0.1, 0.15) is 45.4 Å². The summed E-state index contributed by atoms with van der Waals surface area (Å²) in [6.45, 7) is 4.41. The SMILES string of the molecule is C1CC[N-]C1.CCCCC/C=C/C=C/C(=O)O. The first-order valence-electron chi connectivity index (χ1n) is 6.46. The van der Waals surface area contributed by atoms with E-state index in [-0.39, 0.29) is 0 Å². The van der Waals surface area contributed by atoms with E-state index in [4.69, 9.17) is 5.11 Å². The summed E-state index contributed by atoms with van der Waals surface area (Å²) in [5.74, 6) is -0.895. The minimum atomic E-state index is -0.895. The molecule has 0 spiro atoms. The summed E-state index contributed by atoms with van der Waals surface area (Å²) in [7, 11) is 0. The van der Waals surface area contributed by atoms with Gasteiger partial charge in [0.15, 0.2) is 0 Å². The highest BCUT2D eigenvalue weighted by atomic mass is 16.4. The minimum absolute atomic E-state index is 0.895. The zero-order valence-electron chi connectivity index (χ0n) is 10.8. The van der Waals surface area contributed by atoms with Crippen molar-refractivity contribution in [1.29, 1.82) is 0 Å². The molecule has 0 aliphatic carbocycles. The van der Waals surface area contributed by atoms with Gasteiger partial charge in [0, 0.05) is 6.08 Å². The monoisotopic (exact) mass is 238 g/mol. The van der Waals surface area contributed by atoms with Crippen LogP contribution in [0.25, 0.3) is 5.32 Å². The fourth-order valence-electron chi connectivity index (χ4n) is 1.38. The third kappa shape index (κ3) is 14.9. The average molecular weight is 238 g/mol. The third-order valence-corrected chi connectivity index (χ3v) is 2.34. The number of carboxylic acids is 1. The Bertz CT molecular complexity index is 223. The molecule has 1 fully saturated rings. The fraction of sp³-hybridized carbons (Fsp3) is 0.643. The van der Waals surface area contributed by atoms with Crippen LogP contribution in [-0.2, 0) is 4.79 Å². The van der Waals surface area contributed by atoms with Crippen LogP contribution in [0.5, 0.6) is 0 Å². The van der Waals surface area contributed by atoms with Gasteiger partial charge >= 0.3 is 5.97 Å². The van der Waals surface area contributed by atoms with E-state index in [2.05, 4.69) is 12.2 Å². The molecule has 17 heavy (non-hydrogen) atoms. The van der Waals surface area contributed by atoms with Crippen molar-refractivity contribution >= 4 is 5.97 Å². The number of rotatable bonds is 6. The van der Waals surface area contributed by atoms with Crippen LogP contribution in [0.4, 0.5) is 0 Å². The zero-order chi connectivity index (χ0) is 12.8. The molecular weight excluding hydrogens is 214 g/mol. The Labute approximate surface area is 105 Å². The topological polar surface area (TPSA) is 51.4 Å². The molecule has 98 valence electrons. The van der Waals surface area contributed by atoms with Gasteiger partial charge < -0.3 is 10.4 Å². The molecule has 0 bridgehead atoms. The van der Waals surface area contributed by atoms with Crippen LogP contribution in [0.3, 0.4) is 0 Å². The van der Waals surface area contributed by atoms with Gasteiger partial charge in [0.2, 0.25) is 0 Å². The Morgan fingerprint density at radius 2 is 1.94 bits per heavy atom. The molecule has 1 aliphatic heterocycles. The molecule has 0 aromatic carbocycles. The smallest absolute Gasteiger partial charge is 0.328 e. The van der Waals surface area contributed by atoms with Crippen molar-refractivity contribution in [2.75, 3.05) is 13.1 Å². The second kappa shape index (κ2) is 13.0. The summed E-state index contributed by atoms with van der Waals surface area (Å²) in [6, 6.07) is 0. The molecule has 0 unspecified atom stereocenters. The number of allylic oxidation sites excluding steroid dienone is 3. The van der Waals surface area contributed by atoms with Gasteiger partial charge in [-0.25, -0.2) is 4.79 Å². The number of unbranched alkanes of at least 4 members (excludes halogenated alkanes) is 3. The minimum Gasteiger partial charge on any atom is -0.662 e. The van der Waals surface area contributed by atoms with E-state index < -0.39 is 5.97 Å². The second-order valence-corrected chi connectivity index (χ2v) is 4.00. The van der Waals surface area contributed by atoms with E-state index in [0.29, 0.717) is 0 Å². The lowest BCUT2D eigenvalue weighted by atomic mass is 10.2. The third-order valence-electron chi connectivity index (χ3n) is 2.34. The number of hydrogen-bond acceptors (Lipinski definition) is 1. The molecule has 0 saturated carbocycles. The Hall–Kier alpha value is -1.09. The fourth-order valence-corrected chi connectivity index (χ4v) is 1.38. The molecule has 0 radical (unpaired) electrons. The van der Waals surface area contributed by atoms with E-state index in [0.717, 1.165) is 25.6 Å². The molecule has 3 heteroatoms. The first-order valence-corrected chi connectivity index (χ1v) is 6.46. The van der Waals surface area contributed by atoms with Gasteiger partial charge in [0.1, 0.15) is 0 Å². The number of aliphatic carboxylic acids is 1. The Morgan fingerprint density at radius 3 is 2.41 bits per heavy atom. The largest absolute Gasteiger partial charge is 0.662 e. The summed E-state index contributed by atoms with van der Waals surface area (Å²) in [4.78, 5) is 10.0. The molecule has 0 amide bonds. The molecule has 1 heterocycles. The Balaban J connectivity index is 0.000000419. The molecule has 0 aromatic rings. The molecule has 1 aliphatic rings. The zero-order valence-corrected chi connectivity index (χ0v) is 10.8. The predicted octanol–water partition coefficient (Wildman–Crippen LogP) is 3.92. The van der Waals surface area contributed by atoms with Crippen molar-refractivity contribution in [1.82, 2.24) is 0 Å². The lowest BCUT2D eigenvalue weighted by molar-refractivity contribution is -0.131. The average Bonchev–Trinajstić information content (AvgIpc) is 2.86. The lowest BCUT2D eigenvalue weighted by Crippen LogP contribution is -1.84. The number of hydrogen-bond donors (Lipinski definition) is 1. The molecule has 1 N–H and O–H groups in total. The summed E-state index contributed by atoms with van der Waals surface area (Å²) < 4.78 is 0. The highest BCUT2D eigenvalue weighted by molar-refractivity contribution is 5.80. The van der Waals surface area contributed by atoms with Gasteiger partial charge in [0.25, 0.3) is 0 Å². The van der Waals surface area contributed by atoms with Crippen molar-refractivity contribution in [3.05, 3.63) is 29.6 Å². The molecule has 1 saturated heterocycles. The number of nitrogens with zero attached hydrogens (tertiary/aromatic N) is 1. The summed E-state index contributed by atoms with van der Waals surface area (Å²) in [6.07, 6.45) is 13.8. The highest BCUT2D eigenvalue weighted by Gasteiger charge is 1.82. The van der Waals surface area contributed by atoms with Crippen molar-refractivity contribution in [2.45, 2.75) is 45.4 Å². The summed E-state index contributed by atoms with van der Waals surface area (Å²) >= 11 is 0. The van der Waals surface area contributed by atoms with Crippen LogP contribution in [0, 0.1) is 0 Å². The van der Waals surface area contributed by atoms with Crippen molar-refractivity contribution in [2.24, 2.45) is 0 Å². The Kier molecular flexibility index (Phi) is 12.1. The van der Waals surface area contributed by atoms with Crippen LogP contribution >= 0.6 is 0 Å². The summed E-state index contributed by atoms with van der Waals surface area (Å²) in [5, 5.41) is 12.3. The van der Waals surface area contributed by atoms with Crippen LogP contribution in [0.15, 0.2) is 24.3 Å². The van der Waals surface area contributed by atoms with E-state index in [1.807, 2.05) is 6.08 Å². The van der Waals surface area contributed by atoms with Gasteiger partial charge in [0.05, 0.1) is 0 Å². The van der Waals surface area contributed by atoms with Gasteiger partial charge in [-0.3, -0.25) is 0 Å². The standard InChI is InChI=1S/C10H16O2.C4H8N/c1-2-3-4-5-6-7-8-9-10(11)12;1-2-4-5-3-1/h6-9H,2-5H2,1H3,(H,11,12);1-4H2/q;-1/b7-6+,9-8+;. The molecule has 0 atom stereocenters. The first-order chi connectivity index (χ1) is 8.27. The van der Waals surface area contributed by atoms with Crippen LogP contribution < -0.4 is 0 Å². The number of carbonyl (C=O) groups is 1. The van der Waals surface area contributed by atoms with Crippen molar-refractivity contribution < 1.29 is 9.90 Å². The van der Waals surface area contributed by atoms with Gasteiger partial charge in [-0.2, -0.15) is 0 Å². The van der Waals surface area contributed by atoms with Crippen LogP contribution in [-0.4, -0.2) is 24.2 Å². The Morgan fingerprint density at radius 1 is 1.24 bits per heavy atom. The van der Waals surface area contributed by atoms with Gasteiger partial charge in [-0.15, -0.1) is 13.1 Å². The van der Waals surface area contributed by atoms with Gasteiger partial charge in [-0.05, 0) is 12.8 Å². The second-order valence-electron chi connectivity index (χ2n) is 4.00. The van der Waals surface area contributed by atoms with E-state index in [9.17, 15) is 4.79 Å².